The second-order valence-electron chi connectivity index (χ2n) is 6.03. The van der Waals surface area contributed by atoms with Crippen LogP contribution in [0.3, 0.4) is 0 Å². The fraction of sp³-hybridized carbons (Fsp3) is 0.933. The van der Waals surface area contributed by atoms with Gasteiger partial charge in [0.15, 0.2) is 0 Å². The Labute approximate surface area is 112 Å². The van der Waals surface area contributed by atoms with Crippen LogP contribution in [0.4, 0.5) is 0 Å². The molecule has 1 amide bonds. The first kappa shape index (κ1) is 15.5. The van der Waals surface area contributed by atoms with E-state index in [1.165, 1.54) is 12.8 Å². The molecule has 0 aliphatic heterocycles. The van der Waals surface area contributed by atoms with Crippen LogP contribution in [0.2, 0.25) is 0 Å². The van der Waals surface area contributed by atoms with Crippen LogP contribution in [0, 0.1) is 5.92 Å². The first-order valence-corrected chi connectivity index (χ1v) is 7.51. The highest BCUT2D eigenvalue weighted by molar-refractivity contribution is 5.80. The molecule has 0 saturated heterocycles. The number of nitrogens with zero attached hydrogens (tertiary/aromatic N) is 1. The Kier molecular flexibility index (Phi) is 5.64. The molecule has 1 saturated carbocycles. The van der Waals surface area contributed by atoms with Crippen molar-refractivity contribution in [3.05, 3.63) is 0 Å². The molecule has 1 aliphatic rings. The van der Waals surface area contributed by atoms with E-state index in [0.717, 1.165) is 25.9 Å². The van der Waals surface area contributed by atoms with Gasteiger partial charge in [-0.15, -0.1) is 0 Å². The number of carbonyl (C=O) groups excluding carboxylic acids is 1. The Hall–Kier alpha value is -0.570. The Morgan fingerprint density at radius 2 is 1.94 bits per heavy atom. The van der Waals surface area contributed by atoms with E-state index in [9.17, 15) is 4.79 Å². The summed E-state index contributed by atoms with van der Waals surface area (Å²) >= 11 is 0. The van der Waals surface area contributed by atoms with Crippen molar-refractivity contribution in [1.29, 1.82) is 0 Å². The van der Waals surface area contributed by atoms with Gasteiger partial charge in [0.25, 0.3) is 0 Å². The summed E-state index contributed by atoms with van der Waals surface area (Å²) in [7, 11) is 0. The quantitative estimate of drug-likeness (QED) is 0.818. The summed E-state index contributed by atoms with van der Waals surface area (Å²) in [5, 5.41) is 3.64. The monoisotopic (exact) mass is 254 g/mol. The Morgan fingerprint density at radius 3 is 2.44 bits per heavy atom. The van der Waals surface area contributed by atoms with Gasteiger partial charge in [-0.1, -0.05) is 26.7 Å². The maximum Gasteiger partial charge on any atom is 0.227 e. The Balaban J connectivity index is 2.84. The van der Waals surface area contributed by atoms with Gasteiger partial charge >= 0.3 is 0 Å². The molecule has 0 heterocycles. The van der Waals surface area contributed by atoms with E-state index < -0.39 is 0 Å². The molecule has 0 aromatic carbocycles. The van der Waals surface area contributed by atoms with Crippen molar-refractivity contribution < 1.29 is 4.79 Å². The van der Waals surface area contributed by atoms with E-state index in [4.69, 9.17) is 0 Å². The highest BCUT2D eigenvalue weighted by Crippen LogP contribution is 2.35. The molecular weight excluding hydrogens is 224 g/mol. The van der Waals surface area contributed by atoms with Crippen molar-refractivity contribution in [2.24, 2.45) is 5.92 Å². The van der Waals surface area contributed by atoms with Crippen LogP contribution >= 0.6 is 0 Å². The standard InChI is InChI=1S/C15H30N2O/c1-6-17(7-2)14(18)13-10-8-9-11-15(13,5)16-12(3)4/h12-13,16H,6-11H2,1-5H3. The second-order valence-corrected chi connectivity index (χ2v) is 6.03. The van der Waals surface area contributed by atoms with Crippen LogP contribution in [-0.4, -0.2) is 35.5 Å². The molecular formula is C15H30N2O. The zero-order chi connectivity index (χ0) is 13.8. The molecule has 1 fully saturated rings. The molecule has 1 aliphatic carbocycles. The highest BCUT2D eigenvalue weighted by Gasteiger charge is 2.42. The lowest BCUT2D eigenvalue weighted by Gasteiger charge is -2.44. The predicted octanol–water partition coefficient (Wildman–Crippen LogP) is 2.80. The molecule has 3 nitrogen and oxygen atoms in total. The topological polar surface area (TPSA) is 32.3 Å². The third kappa shape index (κ3) is 3.47. The first-order valence-electron chi connectivity index (χ1n) is 7.51. The van der Waals surface area contributed by atoms with Crippen molar-refractivity contribution >= 4 is 5.91 Å². The van der Waals surface area contributed by atoms with Gasteiger partial charge in [0, 0.05) is 24.7 Å². The number of hydrogen-bond acceptors (Lipinski definition) is 2. The van der Waals surface area contributed by atoms with Gasteiger partial charge in [0.1, 0.15) is 0 Å². The van der Waals surface area contributed by atoms with Crippen LogP contribution in [-0.2, 0) is 4.79 Å². The van der Waals surface area contributed by atoms with Gasteiger partial charge < -0.3 is 10.2 Å². The maximum atomic E-state index is 12.6. The lowest BCUT2D eigenvalue weighted by molar-refractivity contribution is -0.139. The van der Waals surface area contributed by atoms with E-state index in [2.05, 4.69) is 39.9 Å². The molecule has 0 bridgehead atoms. The fourth-order valence-electron chi connectivity index (χ4n) is 3.32. The van der Waals surface area contributed by atoms with Crippen molar-refractivity contribution in [1.82, 2.24) is 10.2 Å². The van der Waals surface area contributed by atoms with Crippen LogP contribution < -0.4 is 5.32 Å². The zero-order valence-electron chi connectivity index (χ0n) is 12.8. The summed E-state index contributed by atoms with van der Waals surface area (Å²) in [4.78, 5) is 14.6. The van der Waals surface area contributed by atoms with Crippen molar-refractivity contribution in [3.63, 3.8) is 0 Å². The van der Waals surface area contributed by atoms with E-state index in [0.29, 0.717) is 11.9 Å². The highest BCUT2D eigenvalue weighted by atomic mass is 16.2. The molecule has 106 valence electrons. The average molecular weight is 254 g/mol. The molecule has 2 atom stereocenters. The fourth-order valence-corrected chi connectivity index (χ4v) is 3.32. The van der Waals surface area contributed by atoms with Gasteiger partial charge in [-0.2, -0.15) is 0 Å². The SMILES string of the molecule is CCN(CC)C(=O)C1CCCCC1(C)NC(C)C. The molecule has 1 N–H and O–H groups in total. The summed E-state index contributed by atoms with van der Waals surface area (Å²) < 4.78 is 0. The van der Waals surface area contributed by atoms with Crippen LogP contribution in [0.15, 0.2) is 0 Å². The third-order valence-corrected chi connectivity index (χ3v) is 4.20. The minimum Gasteiger partial charge on any atom is -0.343 e. The summed E-state index contributed by atoms with van der Waals surface area (Å²) in [5.41, 5.74) is -0.0217. The molecule has 18 heavy (non-hydrogen) atoms. The number of nitrogens with one attached hydrogen (secondary N) is 1. The minimum absolute atomic E-state index is 0.0217. The number of hydrogen-bond donors (Lipinski definition) is 1. The summed E-state index contributed by atoms with van der Waals surface area (Å²) in [5.74, 6) is 0.490. The molecule has 2 unspecified atom stereocenters. The average Bonchev–Trinajstić information content (AvgIpc) is 2.29. The lowest BCUT2D eigenvalue weighted by Crippen LogP contribution is -2.58. The van der Waals surface area contributed by atoms with E-state index in [1.54, 1.807) is 0 Å². The first-order chi connectivity index (χ1) is 8.44. The van der Waals surface area contributed by atoms with E-state index >= 15 is 0 Å². The number of carbonyl (C=O) groups is 1. The molecule has 0 spiro atoms. The van der Waals surface area contributed by atoms with E-state index in [-0.39, 0.29) is 11.5 Å². The van der Waals surface area contributed by atoms with Gasteiger partial charge in [-0.05, 0) is 33.6 Å². The molecule has 1 rings (SSSR count). The van der Waals surface area contributed by atoms with Crippen molar-refractivity contribution in [2.45, 2.75) is 71.9 Å². The predicted molar refractivity (Wildman–Crippen MR) is 76.6 cm³/mol. The van der Waals surface area contributed by atoms with Gasteiger partial charge in [-0.25, -0.2) is 0 Å². The number of rotatable bonds is 5. The molecule has 0 radical (unpaired) electrons. The summed E-state index contributed by atoms with van der Waals surface area (Å²) in [6.07, 6.45) is 4.57. The summed E-state index contributed by atoms with van der Waals surface area (Å²) in [6, 6.07) is 0.431. The second kappa shape index (κ2) is 6.55. The summed E-state index contributed by atoms with van der Waals surface area (Å²) in [6.45, 7) is 12.3. The normalized spacial score (nSPS) is 28.4. The van der Waals surface area contributed by atoms with Gasteiger partial charge in [0.2, 0.25) is 5.91 Å². The molecule has 0 aromatic rings. The van der Waals surface area contributed by atoms with Gasteiger partial charge in [-0.3, -0.25) is 4.79 Å². The van der Waals surface area contributed by atoms with Crippen LogP contribution in [0.25, 0.3) is 0 Å². The smallest absolute Gasteiger partial charge is 0.227 e. The largest absolute Gasteiger partial charge is 0.343 e. The minimum atomic E-state index is -0.0217. The molecule has 0 aromatic heterocycles. The number of amides is 1. The van der Waals surface area contributed by atoms with Crippen molar-refractivity contribution in [2.75, 3.05) is 13.1 Å². The van der Waals surface area contributed by atoms with E-state index in [1.807, 2.05) is 4.90 Å². The van der Waals surface area contributed by atoms with Crippen LogP contribution in [0.5, 0.6) is 0 Å². The third-order valence-electron chi connectivity index (χ3n) is 4.20. The maximum absolute atomic E-state index is 12.6. The molecule has 3 heteroatoms. The Morgan fingerprint density at radius 1 is 1.33 bits per heavy atom. The lowest BCUT2D eigenvalue weighted by atomic mass is 9.72. The van der Waals surface area contributed by atoms with Crippen molar-refractivity contribution in [3.8, 4) is 0 Å². The van der Waals surface area contributed by atoms with Crippen LogP contribution in [0.1, 0.15) is 60.3 Å². The zero-order valence-corrected chi connectivity index (χ0v) is 12.8. The Bertz CT molecular complexity index is 274. The van der Waals surface area contributed by atoms with Gasteiger partial charge in [0.05, 0.1) is 5.92 Å².